The molecule has 0 heterocycles. The van der Waals surface area contributed by atoms with Crippen molar-refractivity contribution in [1.29, 1.82) is 0 Å². The highest BCUT2D eigenvalue weighted by atomic mass is 79.9. The number of nitrogens with one attached hydrogen (secondary N) is 1. The fraction of sp³-hybridized carbons (Fsp3) is 0.300. The summed E-state index contributed by atoms with van der Waals surface area (Å²) in [5.41, 5.74) is 3.58. The second kappa shape index (κ2) is 6.25. The van der Waals surface area contributed by atoms with Crippen molar-refractivity contribution in [3.05, 3.63) is 32.7 Å². The Morgan fingerprint density at radius 1 is 1.47 bits per heavy atom. The lowest BCUT2D eigenvalue weighted by molar-refractivity contribution is 0.907. The fourth-order valence-corrected chi connectivity index (χ4v) is 1.91. The largest absolute Gasteiger partial charge is 0.308 e. The predicted octanol–water partition coefficient (Wildman–Crippen LogP) is 2.83. The van der Waals surface area contributed by atoms with Crippen LogP contribution in [0.2, 0.25) is 0 Å². The Morgan fingerprint density at radius 2 is 2.20 bits per heavy atom. The maximum atomic E-state index is 5.45. The minimum absolute atomic E-state index is 0.699. The Hall–Kier alpha value is -0.390. The van der Waals surface area contributed by atoms with Crippen LogP contribution in [0.3, 0.4) is 0 Å². The standard InChI is InChI=1S/C10H13Br2N3/c1-2-5-14-10(15-13)8-6-7(11)3-4-9(8)12/h3-4,6H,2,5,13H2,1H3,(H,14,15). The van der Waals surface area contributed by atoms with Gasteiger partial charge < -0.3 is 5.43 Å². The average Bonchev–Trinajstić information content (AvgIpc) is 2.24. The third kappa shape index (κ3) is 3.59. The molecule has 0 saturated heterocycles. The van der Waals surface area contributed by atoms with E-state index in [9.17, 15) is 0 Å². The SMILES string of the molecule is CCCN=C(NN)c1cc(Br)ccc1Br. The minimum atomic E-state index is 0.699. The van der Waals surface area contributed by atoms with Gasteiger partial charge in [-0.1, -0.05) is 38.8 Å². The van der Waals surface area contributed by atoms with Crippen LogP contribution in [0.4, 0.5) is 0 Å². The van der Waals surface area contributed by atoms with E-state index in [2.05, 4.69) is 49.2 Å². The lowest BCUT2D eigenvalue weighted by Crippen LogP contribution is -2.31. The van der Waals surface area contributed by atoms with Gasteiger partial charge in [0.15, 0.2) is 0 Å². The van der Waals surface area contributed by atoms with Gasteiger partial charge in [-0.25, -0.2) is 5.84 Å². The first-order valence-corrected chi connectivity index (χ1v) is 6.24. The normalized spacial score (nSPS) is 11.6. The number of benzene rings is 1. The van der Waals surface area contributed by atoms with E-state index in [-0.39, 0.29) is 0 Å². The zero-order valence-corrected chi connectivity index (χ0v) is 11.6. The first-order chi connectivity index (χ1) is 7.19. The summed E-state index contributed by atoms with van der Waals surface area (Å²) in [7, 11) is 0. The molecule has 3 nitrogen and oxygen atoms in total. The Balaban J connectivity index is 3.05. The second-order valence-corrected chi connectivity index (χ2v) is 4.77. The third-order valence-corrected chi connectivity index (χ3v) is 3.00. The van der Waals surface area contributed by atoms with Crippen molar-refractivity contribution in [2.24, 2.45) is 10.8 Å². The number of hydrogen-bond donors (Lipinski definition) is 2. The van der Waals surface area contributed by atoms with Gasteiger partial charge in [-0.2, -0.15) is 0 Å². The summed E-state index contributed by atoms with van der Waals surface area (Å²) in [6.45, 7) is 2.84. The molecule has 3 N–H and O–H groups in total. The van der Waals surface area contributed by atoms with Crippen LogP contribution in [-0.4, -0.2) is 12.4 Å². The Morgan fingerprint density at radius 3 is 2.80 bits per heavy atom. The second-order valence-electron chi connectivity index (χ2n) is 3.00. The maximum Gasteiger partial charge on any atom is 0.143 e. The Kier molecular flexibility index (Phi) is 5.28. The minimum Gasteiger partial charge on any atom is -0.308 e. The van der Waals surface area contributed by atoms with Crippen molar-refractivity contribution in [2.45, 2.75) is 13.3 Å². The molecule has 0 saturated carbocycles. The van der Waals surface area contributed by atoms with E-state index in [1.807, 2.05) is 18.2 Å². The van der Waals surface area contributed by atoms with E-state index in [1.54, 1.807) is 0 Å². The summed E-state index contributed by atoms with van der Waals surface area (Å²) >= 11 is 6.88. The summed E-state index contributed by atoms with van der Waals surface area (Å²) in [6, 6.07) is 5.89. The molecule has 0 aliphatic carbocycles. The van der Waals surface area contributed by atoms with Crippen LogP contribution in [0.5, 0.6) is 0 Å². The van der Waals surface area contributed by atoms with E-state index in [1.165, 1.54) is 0 Å². The summed E-state index contributed by atoms with van der Waals surface area (Å²) in [4.78, 5) is 4.36. The van der Waals surface area contributed by atoms with Crippen LogP contribution in [0.25, 0.3) is 0 Å². The van der Waals surface area contributed by atoms with E-state index in [4.69, 9.17) is 5.84 Å². The van der Waals surface area contributed by atoms with Crippen molar-refractivity contribution >= 4 is 37.7 Å². The molecule has 1 aromatic carbocycles. The summed E-state index contributed by atoms with van der Waals surface area (Å²) in [6.07, 6.45) is 0.997. The number of hydrogen-bond acceptors (Lipinski definition) is 2. The lowest BCUT2D eigenvalue weighted by Gasteiger charge is -2.08. The number of aliphatic imine (C=N–C) groups is 1. The van der Waals surface area contributed by atoms with Gasteiger partial charge in [0.05, 0.1) is 0 Å². The molecule has 0 aromatic heterocycles. The number of halogens is 2. The molecular weight excluding hydrogens is 322 g/mol. The van der Waals surface area contributed by atoms with Gasteiger partial charge in [-0.15, -0.1) is 0 Å². The van der Waals surface area contributed by atoms with E-state index in [0.717, 1.165) is 27.5 Å². The van der Waals surface area contributed by atoms with Crippen molar-refractivity contribution in [3.8, 4) is 0 Å². The van der Waals surface area contributed by atoms with E-state index >= 15 is 0 Å². The first-order valence-electron chi connectivity index (χ1n) is 4.65. The maximum absolute atomic E-state index is 5.45. The van der Waals surface area contributed by atoms with Crippen LogP contribution < -0.4 is 11.3 Å². The molecule has 82 valence electrons. The average molecular weight is 335 g/mol. The molecule has 0 bridgehead atoms. The van der Waals surface area contributed by atoms with Crippen LogP contribution in [-0.2, 0) is 0 Å². The van der Waals surface area contributed by atoms with Gasteiger partial charge >= 0.3 is 0 Å². The van der Waals surface area contributed by atoms with Gasteiger partial charge in [0.2, 0.25) is 0 Å². The lowest BCUT2D eigenvalue weighted by atomic mass is 10.2. The van der Waals surface area contributed by atoms with Crippen molar-refractivity contribution in [2.75, 3.05) is 6.54 Å². The van der Waals surface area contributed by atoms with Gasteiger partial charge in [0.25, 0.3) is 0 Å². The number of nitrogens with zero attached hydrogens (tertiary/aromatic N) is 1. The molecule has 0 unspecified atom stereocenters. The molecule has 0 spiro atoms. The van der Waals surface area contributed by atoms with Gasteiger partial charge in [0, 0.05) is 21.1 Å². The molecule has 0 atom stereocenters. The monoisotopic (exact) mass is 333 g/mol. The summed E-state index contributed by atoms with van der Waals surface area (Å²) < 4.78 is 1.97. The number of rotatable bonds is 3. The number of hydrazine groups is 1. The molecule has 0 fully saturated rings. The van der Waals surface area contributed by atoms with Crippen molar-refractivity contribution < 1.29 is 0 Å². The third-order valence-electron chi connectivity index (χ3n) is 1.81. The molecule has 5 heteroatoms. The van der Waals surface area contributed by atoms with E-state index in [0.29, 0.717) is 5.84 Å². The molecule has 15 heavy (non-hydrogen) atoms. The predicted molar refractivity (Wildman–Crippen MR) is 70.9 cm³/mol. The summed E-state index contributed by atoms with van der Waals surface area (Å²) in [5, 5.41) is 0. The van der Waals surface area contributed by atoms with Crippen molar-refractivity contribution in [3.63, 3.8) is 0 Å². The molecule has 0 amide bonds. The molecule has 1 aromatic rings. The van der Waals surface area contributed by atoms with Gasteiger partial charge in [0.1, 0.15) is 5.84 Å². The highest BCUT2D eigenvalue weighted by Crippen LogP contribution is 2.21. The highest BCUT2D eigenvalue weighted by Gasteiger charge is 2.06. The zero-order valence-electron chi connectivity index (χ0n) is 8.43. The van der Waals surface area contributed by atoms with Crippen LogP contribution in [0.15, 0.2) is 32.1 Å². The molecule has 0 aliphatic heterocycles. The van der Waals surface area contributed by atoms with Crippen LogP contribution in [0, 0.1) is 0 Å². The molecule has 0 radical (unpaired) electrons. The van der Waals surface area contributed by atoms with E-state index < -0.39 is 0 Å². The first kappa shape index (κ1) is 12.7. The Bertz CT molecular complexity index is 364. The molecule has 0 aliphatic rings. The number of amidine groups is 1. The van der Waals surface area contributed by atoms with Gasteiger partial charge in [-0.3, -0.25) is 4.99 Å². The van der Waals surface area contributed by atoms with Crippen molar-refractivity contribution in [1.82, 2.24) is 5.43 Å². The molecule has 1 rings (SSSR count). The smallest absolute Gasteiger partial charge is 0.143 e. The van der Waals surface area contributed by atoms with Crippen LogP contribution >= 0.6 is 31.9 Å². The quantitative estimate of drug-likeness (QED) is 0.386. The zero-order chi connectivity index (χ0) is 11.3. The topological polar surface area (TPSA) is 50.4 Å². The van der Waals surface area contributed by atoms with Gasteiger partial charge in [-0.05, 0) is 24.6 Å². The Labute approximate surface area is 106 Å². The van der Waals surface area contributed by atoms with Crippen LogP contribution in [0.1, 0.15) is 18.9 Å². The number of nitrogens with two attached hydrogens (primary N) is 1. The fourth-order valence-electron chi connectivity index (χ4n) is 1.11. The molecular formula is C10H13Br2N3. The highest BCUT2D eigenvalue weighted by molar-refractivity contribution is 9.11. The summed E-state index contributed by atoms with van der Waals surface area (Å²) in [5.74, 6) is 6.15.